The number of nitro benzene ring substituents is 1. The van der Waals surface area contributed by atoms with Crippen LogP contribution < -0.4 is 5.32 Å². The van der Waals surface area contributed by atoms with Gasteiger partial charge in [0.15, 0.2) is 0 Å². The molecule has 0 radical (unpaired) electrons. The largest absolute Gasteiger partial charge is 0.381 e. The topological polar surface area (TPSA) is 64.4 Å². The highest BCUT2D eigenvalue weighted by molar-refractivity contribution is 5.62. The van der Waals surface area contributed by atoms with Crippen molar-refractivity contribution >= 4 is 11.4 Å². The lowest BCUT2D eigenvalue weighted by Crippen LogP contribution is -2.40. The molecule has 5 nitrogen and oxygen atoms in total. The van der Waals surface area contributed by atoms with Crippen molar-refractivity contribution in [3.63, 3.8) is 0 Å². The average Bonchev–Trinajstić information content (AvgIpc) is 2.61. The van der Waals surface area contributed by atoms with Crippen molar-refractivity contribution in [2.75, 3.05) is 25.1 Å². The van der Waals surface area contributed by atoms with Crippen LogP contribution in [0.15, 0.2) is 42.5 Å². The molecule has 2 aromatic rings. The molecule has 6 heteroatoms. The van der Waals surface area contributed by atoms with Crippen molar-refractivity contribution in [2.24, 2.45) is 0 Å². The van der Waals surface area contributed by atoms with Gasteiger partial charge in [0.05, 0.1) is 4.92 Å². The van der Waals surface area contributed by atoms with Crippen LogP contribution in [-0.4, -0.2) is 24.7 Å². The van der Waals surface area contributed by atoms with Crippen LogP contribution in [-0.2, 0) is 10.2 Å². The molecule has 25 heavy (non-hydrogen) atoms. The Morgan fingerprint density at radius 2 is 1.92 bits per heavy atom. The number of hydrogen-bond acceptors (Lipinski definition) is 4. The lowest BCUT2D eigenvalue weighted by atomic mass is 9.72. The van der Waals surface area contributed by atoms with Gasteiger partial charge in [-0.3, -0.25) is 10.1 Å². The summed E-state index contributed by atoms with van der Waals surface area (Å²) in [6.45, 7) is 3.84. The van der Waals surface area contributed by atoms with Gasteiger partial charge in [-0.25, -0.2) is 0 Å². The molecule has 2 aromatic carbocycles. The van der Waals surface area contributed by atoms with E-state index in [9.17, 15) is 14.5 Å². The van der Waals surface area contributed by atoms with Gasteiger partial charge in [0.2, 0.25) is 5.82 Å². The fourth-order valence-electron chi connectivity index (χ4n) is 3.58. The predicted octanol–water partition coefficient (Wildman–Crippen LogP) is 4.20. The number of para-hydroxylation sites is 1. The second-order valence-corrected chi connectivity index (χ2v) is 6.45. The number of nitrogens with zero attached hydrogens (tertiary/aromatic N) is 1. The van der Waals surface area contributed by atoms with Crippen LogP contribution in [0.25, 0.3) is 0 Å². The molecule has 3 rings (SSSR count). The van der Waals surface area contributed by atoms with Gasteiger partial charge in [-0.05, 0) is 43.0 Å². The summed E-state index contributed by atoms with van der Waals surface area (Å²) in [5.74, 6) is -0.827. The molecule has 1 N–H and O–H groups in total. The smallest absolute Gasteiger partial charge is 0.327 e. The molecular formula is C19H21FN2O3. The zero-order chi connectivity index (χ0) is 17.9. The maximum absolute atomic E-state index is 13.8. The van der Waals surface area contributed by atoms with Crippen LogP contribution in [0.2, 0.25) is 0 Å². The Balaban J connectivity index is 1.92. The highest BCUT2D eigenvalue weighted by atomic mass is 19.1. The van der Waals surface area contributed by atoms with E-state index in [1.165, 1.54) is 17.2 Å². The Morgan fingerprint density at radius 1 is 1.20 bits per heavy atom. The number of nitrogens with one attached hydrogen (secondary N) is 1. The minimum atomic E-state index is -0.827. The van der Waals surface area contributed by atoms with Gasteiger partial charge in [0, 0.05) is 25.2 Å². The second-order valence-electron chi connectivity index (χ2n) is 6.45. The van der Waals surface area contributed by atoms with Crippen molar-refractivity contribution in [3.8, 4) is 0 Å². The quantitative estimate of drug-likeness (QED) is 0.652. The first-order valence-corrected chi connectivity index (χ1v) is 8.34. The van der Waals surface area contributed by atoms with Gasteiger partial charge in [-0.2, -0.15) is 4.39 Å². The first-order valence-electron chi connectivity index (χ1n) is 8.34. The number of anilines is 1. The normalized spacial score (nSPS) is 16.4. The monoisotopic (exact) mass is 344 g/mol. The standard InChI is InChI=1S/C19H21FN2O3/c1-14-5-2-3-6-15(14)19(9-11-25-12-10-19)13-21-17-8-4-7-16(20)18(17)22(23)24/h2-8,21H,9-13H2,1H3. The molecule has 0 spiro atoms. The summed E-state index contributed by atoms with van der Waals surface area (Å²) in [7, 11) is 0. The highest BCUT2D eigenvalue weighted by Gasteiger charge is 2.36. The number of ether oxygens (including phenoxy) is 1. The molecule has 1 fully saturated rings. The van der Waals surface area contributed by atoms with E-state index in [1.54, 1.807) is 6.07 Å². The Labute approximate surface area is 146 Å². The van der Waals surface area contributed by atoms with Crippen molar-refractivity contribution in [2.45, 2.75) is 25.2 Å². The number of hydrogen-bond donors (Lipinski definition) is 1. The lowest BCUT2D eigenvalue weighted by Gasteiger charge is -2.39. The maximum atomic E-state index is 13.8. The minimum absolute atomic E-state index is 0.191. The van der Waals surface area contributed by atoms with Crippen LogP contribution in [0.1, 0.15) is 24.0 Å². The first-order chi connectivity index (χ1) is 12.0. The van der Waals surface area contributed by atoms with Gasteiger partial charge in [-0.1, -0.05) is 30.3 Å². The summed E-state index contributed by atoms with van der Waals surface area (Å²) in [5, 5.41) is 14.3. The van der Waals surface area contributed by atoms with Crippen LogP contribution in [0.5, 0.6) is 0 Å². The predicted molar refractivity (Wildman–Crippen MR) is 94.5 cm³/mol. The molecular weight excluding hydrogens is 323 g/mol. The number of benzene rings is 2. The van der Waals surface area contributed by atoms with Crippen molar-refractivity contribution in [1.29, 1.82) is 0 Å². The Bertz CT molecular complexity index is 773. The third-order valence-corrected chi connectivity index (χ3v) is 4.95. The van der Waals surface area contributed by atoms with Gasteiger partial charge < -0.3 is 10.1 Å². The van der Waals surface area contributed by atoms with Crippen LogP contribution in [0.4, 0.5) is 15.8 Å². The molecule has 1 aliphatic heterocycles. The van der Waals surface area contributed by atoms with Crippen molar-refractivity contribution in [1.82, 2.24) is 0 Å². The van der Waals surface area contributed by atoms with Gasteiger partial charge in [0.1, 0.15) is 5.69 Å². The van der Waals surface area contributed by atoms with E-state index >= 15 is 0 Å². The average molecular weight is 344 g/mol. The molecule has 1 heterocycles. The van der Waals surface area contributed by atoms with Crippen molar-refractivity contribution < 1.29 is 14.1 Å². The highest BCUT2D eigenvalue weighted by Crippen LogP contribution is 2.38. The van der Waals surface area contributed by atoms with Gasteiger partial charge >= 0.3 is 5.69 Å². The Morgan fingerprint density at radius 3 is 2.60 bits per heavy atom. The van der Waals surface area contributed by atoms with E-state index in [0.717, 1.165) is 18.9 Å². The summed E-state index contributed by atoms with van der Waals surface area (Å²) >= 11 is 0. The van der Waals surface area contributed by atoms with Crippen LogP contribution >= 0.6 is 0 Å². The van der Waals surface area contributed by atoms with E-state index in [0.29, 0.717) is 19.8 Å². The zero-order valence-corrected chi connectivity index (χ0v) is 14.1. The second kappa shape index (κ2) is 7.19. The van der Waals surface area contributed by atoms with Crippen LogP contribution in [0.3, 0.4) is 0 Å². The molecule has 1 saturated heterocycles. The molecule has 0 atom stereocenters. The maximum Gasteiger partial charge on any atom is 0.327 e. The SMILES string of the molecule is Cc1ccccc1C1(CNc2cccc(F)c2[N+](=O)[O-])CCOCC1. The fraction of sp³-hybridized carbons (Fsp3) is 0.368. The number of aryl methyl sites for hydroxylation is 1. The summed E-state index contributed by atoms with van der Waals surface area (Å²) in [6, 6.07) is 12.3. The number of rotatable bonds is 5. The Hall–Kier alpha value is -2.47. The summed E-state index contributed by atoms with van der Waals surface area (Å²) in [5.41, 5.74) is 1.91. The summed E-state index contributed by atoms with van der Waals surface area (Å²) in [4.78, 5) is 10.5. The van der Waals surface area contributed by atoms with Crippen LogP contribution in [0, 0.1) is 22.9 Å². The van der Waals surface area contributed by atoms with E-state index in [1.807, 2.05) is 12.1 Å². The Kier molecular flexibility index (Phi) is 4.99. The molecule has 0 bridgehead atoms. The van der Waals surface area contributed by atoms with Crippen molar-refractivity contribution in [3.05, 3.63) is 69.5 Å². The third kappa shape index (κ3) is 3.49. The minimum Gasteiger partial charge on any atom is -0.381 e. The first kappa shape index (κ1) is 17.4. The van der Waals surface area contributed by atoms with Gasteiger partial charge in [-0.15, -0.1) is 0 Å². The van der Waals surface area contributed by atoms with E-state index in [2.05, 4.69) is 24.4 Å². The zero-order valence-electron chi connectivity index (χ0n) is 14.1. The fourth-order valence-corrected chi connectivity index (χ4v) is 3.58. The number of halogens is 1. The molecule has 0 aromatic heterocycles. The third-order valence-electron chi connectivity index (χ3n) is 4.95. The summed E-state index contributed by atoms with van der Waals surface area (Å²) in [6.07, 6.45) is 1.63. The molecule has 0 amide bonds. The lowest BCUT2D eigenvalue weighted by molar-refractivity contribution is -0.386. The molecule has 132 valence electrons. The molecule has 1 aliphatic rings. The summed E-state index contributed by atoms with van der Waals surface area (Å²) < 4.78 is 19.4. The van der Waals surface area contributed by atoms with E-state index in [-0.39, 0.29) is 11.1 Å². The molecule has 0 saturated carbocycles. The molecule has 0 aliphatic carbocycles. The molecule has 0 unspecified atom stereocenters. The van der Waals surface area contributed by atoms with E-state index < -0.39 is 16.4 Å². The van der Waals surface area contributed by atoms with E-state index in [4.69, 9.17) is 4.74 Å². The number of nitro groups is 1. The van der Waals surface area contributed by atoms with Gasteiger partial charge in [0.25, 0.3) is 0 Å².